The van der Waals surface area contributed by atoms with Crippen LogP contribution in [0.2, 0.25) is 0 Å². The molecule has 3 N–H and O–H groups in total. The highest BCUT2D eigenvalue weighted by Gasteiger charge is 2.24. The smallest absolute Gasteiger partial charge is 0.251 e. The van der Waals surface area contributed by atoms with Crippen LogP contribution in [0.1, 0.15) is 35.2 Å². The highest BCUT2D eigenvalue weighted by Crippen LogP contribution is 2.27. The monoisotopic (exact) mass is 498 g/mol. The highest BCUT2D eigenvalue weighted by molar-refractivity contribution is 5.95. The van der Waals surface area contributed by atoms with Crippen LogP contribution in [0.3, 0.4) is 0 Å². The number of aromatic nitrogens is 3. The van der Waals surface area contributed by atoms with Gasteiger partial charge in [0, 0.05) is 48.3 Å². The fraction of sp³-hybridized carbons (Fsp3) is 0.370. The predicted octanol–water partition coefficient (Wildman–Crippen LogP) is 2.55. The lowest BCUT2D eigenvalue weighted by atomic mass is 10.0. The molecular formula is C27H30N8O2. The Morgan fingerprint density at radius 2 is 1.97 bits per heavy atom. The van der Waals surface area contributed by atoms with Gasteiger partial charge in [-0.25, -0.2) is 15.0 Å². The number of nitrogens with one attached hydrogen (secondary N) is 2. The summed E-state index contributed by atoms with van der Waals surface area (Å²) in [5.41, 5.74) is 3.02. The minimum atomic E-state index is -0.401. The van der Waals surface area contributed by atoms with Gasteiger partial charge in [-0.05, 0) is 69.7 Å². The van der Waals surface area contributed by atoms with Crippen LogP contribution >= 0.6 is 0 Å². The molecule has 2 fully saturated rings. The molecule has 2 aromatic heterocycles. The molecule has 37 heavy (non-hydrogen) atoms. The van der Waals surface area contributed by atoms with Crippen molar-refractivity contribution in [2.75, 3.05) is 43.4 Å². The molecule has 3 aromatic rings. The van der Waals surface area contributed by atoms with E-state index >= 15 is 0 Å². The zero-order chi connectivity index (χ0) is 25.8. The number of piperidine rings is 1. The Balaban J connectivity index is 1.29. The molecule has 1 atom stereocenters. The maximum atomic E-state index is 12.8. The van der Waals surface area contributed by atoms with Gasteiger partial charge < -0.3 is 25.5 Å². The molecule has 4 heterocycles. The van der Waals surface area contributed by atoms with Gasteiger partial charge in [-0.3, -0.25) is 4.79 Å². The normalized spacial score (nSPS) is 18.4. The van der Waals surface area contributed by atoms with E-state index in [1.54, 1.807) is 36.7 Å². The fourth-order valence-electron chi connectivity index (χ4n) is 4.73. The van der Waals surface area contributed by atoms with Crippen molar-refractivity contribution in [3.63, 3.8) is 0 Å². The maximum Gasteiger partial charge on any atom is 0.251 e. The Morgan fingerprint density at radius 1 is 1.14 bits per heavy atom. The Hall–Kier alpha value is -4.07. The summed E-state index contributed by atoms with van der Waals surface area (Å²) >= 11 is 0. The number of benzene rings is 1. The fourth-order valence-corrected chi connectivity index (χ4v) is 4.73. The predicted molar refractivity (Wildman–Crippen MR) is 141 cm³/mol. The Labute approximate surface area is 216 Å². The number of hydrogen-bond donors (Lipinski definition) is 3. The first kappa shape index (κ1) is 24.6. The quantitative estimate of drug-likeness (QED) is 0.469. The van der Waals surface area contributed by atoms with E-state index in [4.69, 9.17) is 0 Å². The summed E-state index contributed by atoms with van der Waals surface area (Å²) in [6, 6.07) is 13.2. The van der Waals surface area contributed by atoms with Gasteiger partial charge in [-0.2, -0.15) is 5.26 Å². The van der Waals surface area contributed by atoms with Gasteiger partial charge in [0.2, 0.25) is 5.95 Å². The topological polar surface area (TPSA) is 130 Å². The number of aliphatic hydroxyl groups is 1. The first-order chi connectivity index (χ1) is 18.0. The second kappa shape index (κ2) is 10.9. The number of aliphatic hydroxyl groups excluding tert-OH is 1. The third kappa shape index (κ3) is 5.85. The van der Waals surface area contributed by atoms with Crippen LogP contribution in [-0.2, 0) is 0 Å². The molecule has 1 aromatic carbocycles. The number of rotatable bonds is 6. The van der Waals surface area contributed by atoms with Crippen molar-refractivity contribution in [2.45, 2.75) is 31.4 Å². The van der Waals surface area contributed by atoms with Gasteiger partial charge in [0.25, 0.3) is 5.91 Å². The molecule has 10 heteroatoms. The van der Waals surface area contributed by atoms with Crippen LogP contribution < -0.4 is 15.5 Å². The van der Waals surface area contributed by atoms with Gasteiger partial charge in [-0.1, -0.05) is 6.07 Å². The van der Waals surface area contributed by atoms with Crippen LogP contribution in [-0.4, -0.2) is 76.2 Å². The number of hydrogen-bond acceptors (Lipinski definition) is 9. The van der Waals surface area contributed by atoms with E-state index in [0.29, 0.717) is 59.3 Å². The van der Waals surface area contributed by atoms with Crippen molar-refractivity contribution < 1.29 is 9.90 Å². The molecular weight excluding hydrogens is 468 g/mol. The van der Waals surface area contributed by atoms with E-state index in [-0.39, 0.29) is 11.9 Å². The summed E-state index contributed by atoms with van der Waals surface area (Å²) < 4.78 is 0. The SMILES string of the molecule is CN1CCC(NC(=O)c2cccc(Nc3nccc(-c4cnc(N5CCC(O)C5)c(C#N)c4)n3)c2)CC1. The molecule has 0 bridgehead atoms. The molecule has 2 saturated heterocycles. The average molecular weight is 499 g/mol. The number of likely N-dealkylation sites (tertiary alicyclic amines) is 1. The number of amides is 1. The Bertz CT molecular complexity index is 1320. The molecule has 5 rings (SSSR count). The van der Waals surface area contributed by atoms with Crippen molar-refractivity contribution >= 4 is 23.4 Å². The minimum Gasteiger partial charge on any atom is -0.391 e. The van der Waals surface area contributed by atoms with Gasteiger partial charge in [0.05, 0.1) is 17.4 Å². The zero-order valence-corrected chi connectivity index (χ0v) is 20.8. The molecule has 0 spiro atoms. The number of anilines is 3. The summed E-state index contributed by atoms with van der Waals surface area (Å²) in [4.78, 5) is 30.4. The second-order valence-electron chi connectivity index (χ2n) is 9.62. The molecule has 0 aliphatic carbocycles. The van der Waals surface area contributed by atoms with Crippen molar-refractivity contribution in [1.82, 2.24) is 25.2 Å². The number of nitrogens with zero attached hydrogens (tertiary/aromatic N) is 6. The van der Waals surface area contributed by atoms with Crippen LogP contribution in [0.5, 0.6) is 0 Å². The average Bonchev–Trinajstić information content (AvgIpc) is 3.36. The van der Waals surface area contributed by atoms with Crippen LogP contribution in [0, 0.1) is 11.3 Å². The summed E-state index contributed by atoms with van der Waals surface area (Å²) in [6.07, 6.45) is 5.48. The van der Waals surface area contributed by atoms with Crippen molar-refractivity contribution in [1.29, 1.82) is 5.26 Å². The third-order valence-corrected chi connectivity index (χ3v) is 6.84. The van der Waals surface area contributed by atoms with Crippen LogP contribution in [0.15, 0.2) is 48.8 Å². The molecule has 1 unspecified atom stereocenters. The van der Waals surface area contributed by atoms with Crippen molar-refractivity contribution in [3.8, 4) is 17.3 Å². The van der Waals surface area contributed by atoms with Gasteiger partial charge in [0.15, 0.2) is 0 Å². The molecule has 2 aliphatic rings. The summed E-state index contributed by atoms with van der Waals surface area (Å²) in [7, 11) is 2.10. The molecule has 2 aliphatic heterocycles. The van der Waals surface area contributed by atoms with E-state index in [1.165, 1.54) is 0 Å². The van der Waals surface area contributed by atoms with Gasteiger partial charge in [0.1, 0.15) is 11.9 Å². The minimum absolute atomic E-state index is 0.0893. The number of pyridine rings is 1. The lowest BCUT2D eigenvalue weighted by molar-refractivity contribution is 0.0917. The lowest BCUT2D eigenvalue weighted by Crippen LogP contribution is -2.43. The largest absolute Gasteiger partial charge is 0.391 e. The lowest BCUT2D eigenvalue weighted by Gasteiger charge is -2.29. The number of carbonyl (C=O) groups excluding carboxylic acids is 1. The second-order valence-corrected chi connectivity index (χ2v) is 9.62. The molecule has 10 nitrogen and oxygen atoms in total. The number of β-amino-alcohol motifs (C(OH)–C–C–N with tert-alkyl or cyclic N) is 1. The Morgan fingerprint density at radius 3 is 2.73 bits per heavy atom. The molecule has 1 amide bonds. The first-order valence-corrected chi connectivity index (χ1v) is 12.5. The summed E-state index contributed by atoms with van der Waals surface area (Å²) in [6.45, 7) is 3.10. The third-order valence-electron chi connectivity index (χ3n) is 6.84. The molecule has 0 radical (unpaired) electrons. The van der Waals surface area contributed by atoms with Crippen molar-refractivity contribution in [3.05, 3.63) is 59.9 Å². The molecule has 190 valence electrons. The van der Waals surface area contributed by atoms with Gasteiger partial charge >= 0.3 is 0 Å². The van der Waals surface area contributed by atoms with E-state index < -0.39 is 6.10 Å². The van der Waals surface area contributed by atoms with Crippen LogP contribution in [0.25, 0.3) is 11.3 Å². The molecule has 0 saturated carbocycles. The van der Waals surface area contributed by atoms with E-state index in [9.17, 15) is 15.2 Å². The maximum absolute atomic E-state index is 12.8. The van der Waals surface area contributed by atoms with E-state index in [2.05, 4.69) is 43.6 Å². The van der Waals surface area contributed by atoms with Gasteiger partial charge in [-0.15, -0.1) is 0 Å². The summed E-state index contributed by atoms with van der Waals surface area (Å²) in [5, 5.41) is 25.8. The first-order valence-electron chi connectivity index (χ1n) is 12.5. The highest BCUT2D eigenvalue weighted by atomic mass is 16.3. The number of carbonyl (C=O) groups is 1. The standard InChI is InChI=1S/C27H30N8O2/c1-34-10-6-21(7-11-34)31-26(37)18-3-2-4-22(14-18)32-27-29-9-5-24(33-27)20-13-19(15-28)25(30-16-20)35-12-8-23(36)17-35/h2-5,9,13-14,16,21,23,36H,6-8,10-12,17H2,1H3,(H,31,37)(H,29,32,33). The zero-order valence-electron chi connectivity index (χ0n) is 20.8. The van der Waals surface area contributed by atoms with Crippen LogP contribution in [0.4, 0.5) is 17.5 Å². The van der Waals surface area contributed by atoms with E-state index in [0.717, 1.165) is 25.9 Å². The summed E-state index contributed by atoms with van der Waals surface area (Å²) in [5.74, 6) is 0.856. The number of nitriles is 1. The van der Waals surface area contributed by atoms with E-state index in [1.807, 2.05) is 17.0 Å². The Kier molecular flexibility index (Phi) is 7.25. The van der Waals surface area contributed by atoms with Crippen molar-refractivity contribution in [2.24, 2.45) is 0 Å².